The quantitative estimate of drug-likeness (QED) is 0.351. The van der Waals surface area contributed by atoms with Crippen molar-refractivity contribution in [3.63, 3.8) is 0 Å². The first kappa shape index (κ1) is 18.5. The van der Waals surface area contributed by atoms with Gasteiger partial charge in [-0.05, 0) is 43.9 Å². The smallest absolute Gasteiger partial charge is 0.191 e. The van der Waals surface area contributed by atoms with E-state index in [9.17, 15) is 0 Å². The van der Waals surface area contributed by atoms with E-state index >= 15 is 0 Å². The summed E-state index contributed by atoms with van der Waals surface area (Å²) >= 11 is 0. The highest BCUT2D eigenvalue weighted by Gasteiger charge is 2.58. The molecule has 0 bridgehead atoms. The van der Waals surface area contributed by atoms with Crippen molar-refractivity contribution < 1.29 is 14.3 Å². The first-order valence-electron chi connectivity index (χ1n) is 9.03. The second-order valence-corrected chi connectivity index (χ2v) is 6.54. The Morgan fingerprint density at radius 3 is 2.50 bits per heavy atom. The molecule has 0 saturated carbocycles. The molecular formula is C22H27NO3. The molecule has 0 N–H and O–H groups in total. The second kappa shape index (κ2) is 7.94. The predicted octanol–water partition coefficient (Wildman–Crippen LogP) is 5.22. The monoisotopic (exact) mass is 353 g/mol. The molecule has 0 spiro atoms. The first-order chi connectivity index (χ1) is 12.7. The number of hydroxylamine groups is 2. The summed E-state index contributed by atoms with van der Waals surface area (Å²) in [6, 6.07) is 16.6. The van der Waals surface area contributed by atoms with Crippen LogP contribution in [0.1, 0.15) is 43.4 Å². The first-order valence-corrected chi connectivity index (χ1v) is 9.03. The molecule has 0 aromatic heterocycles. The summed E-state index contributed by atoms with van der Waals surface area (Å²) in [5, 5.41) is 2.09. The number of hydrogen-bond donors (Lipinski definition) is 0. The minimum Gasteiger partial charge on any atom is -0.493 e. The maximum atomic E-state index is 6.23. The SMILES string of the molecule is C=CCCC[C@]1(c2ccc(OC)c(OC)c2)ON1[C@@H](C)c1ccccc1. The third-order valence-corrected chi connectivity index (χ3v) is 4.97. The van der Waals surface area contributed by atoms with Crippen molar-refractivity contribution in [1.82, 2.24) is 5.06 Å². The lowest BCUT2D eigenvalue weighted by Crippen LogP contribution is -2.19. The molecular weight excluding hydrogens is 326 g/mol. The molecule has 1 fully saturated rings. The molecule has 26 heavy (non-hydrogen) atoms. The van der Waals surface area contributed by atoms with Crippen LogP contribution >= 0.6 is 0 Å². The lowest BCUT2D eigenvalue weighted by atomic mass is 9.96. The number of rotatable bonds is 9. The zero-order valence-electron chi connectivity index (χ0n) is 15.8. The van der Waals surface area contributed by atoms with Gasteiger partial charge in [-0.1, -0.05) is 42.5 Å². The van der Waals surface area contributed by atoms with E-state index < -0.39 is 5.72 Å². The van der Waals surface area contributed by atoms with Crippen molar-refractivity contribution in [1.29, 1.82) is 0 Å². The highest BCUT2D eigenvalue weighted by atomic mass is 16.9. The summed E-state index contributed by atoms with van der Waals surface area (Å²) in [5.74, 6) is 1.44. The van der Waals surface area contributed by atoms with Crippen molar-refractivity contribution in [2.45, 2.75) is 38.0 Å². The van der Waals surface area contributed by atoms with E-state index in [1.807, 2.05) is 24.3 Å². The van der Waals surface area contributed by atoms with Crippen LogP contribution < -0.4 is 9.47 Å². The van der Waals surface area contributed by atoms with Gasteiger partial charge in [-0.2, -0.15) is 0 Å². The topological polar surface area (TPSA) is 34.0 Å². The highest BCUT2D eigenvalue weighted by Crippen LogP contribution is 2.54. The Hall–Kier alpha value is -2.30. The molecule has 2 aromatic rings. The number of ether oxygens (including phenoxy) is 2. The van der Waals surface area contributed by atoms with Crippen LogP contribution in [0.4, 0.5) is 0 Å². The maximum Gasteiger partial charge on any atom is 0.191 e. The van der Waals surface area contributed by atoms with Gasteiger partial charge in [0.05, 0.1) is 20.3 Å². The molecule has 4 heteroatoms. The van der Waals surface area contributed by atoms with Gasteiger partial charge in [-0.3, -0.25) is 4.84 Å². The van der Waals surface area contributed by atoms with Gasteiger partial charge in [0.25, 0.3) is 0 Å². The molecule has 3 atom stereocenters. The number of allylic oxidation sites excluding steroid dienone is 1. The third kappa shape index (κ3) is 3.48. The van der Waals surface area contributed by atoms with Crippen LogP contribution in [0.3, 0.4) is 0 Å². The van der Waals surface area contributed by atoms with Crippen LogP contribution in [0.5, 0.6) is 11.5 Å². The third-order valence-electron chi connectivity index (χ3n) is 4.97. The Balaban J connectivity index is 1.90. The fraction of sp³-hybridized carbons (Fsp3) is 0.364. The Morgan fingerprint density at radius 1 is 1.12 bits per heavy atom. The summed E-state index contributed by atoms with van der Waals surface area (Å²) in [6.45, 7) is 6.01. The number of benzene rings is 2. The fourth-order valence-corrected chi connectivity index (χ4v) is 3.45. The Bertz CT molecular complexity index is 746. The lowest BCUT2D eigenvalue weighted by Gasteiger charge is -2.18. The van der Waals surface area contributed by atoms with E-state index in [1.54, 1.807) is 14.2 Å². The van der Waals surface area contributed by atoms with Crippen LogP contribution in [-0.2, 0) is 10.6 Å². The minimum absolute atomic E-state index is 0.160. The molecule has 0 radical (unpaired) electrons. The van der Waals surface area contributed by atoms with Crippen molar-refractivity contribution in [3.05, 3.63) is 72.3 Å². The summed E-state index contributed by atoms with van der Waals surface area (Å²) in [7, 11) is 3.30. The fourth-order valence-electron chi connectivity index (χ4n) is 3.45. The molecule has 1 aliphatic rings. The maximum absolute atomic E-state index is 6.23. The molecule has 2 aromatic carbocycles. The summed E-state index contributed by atoms with van der Waals surface area (Å²) in [5.41, 5.74) is 1.89. The van der Waals surface area contributed by atoms with Crippen molar-refractivity contribution in [2.24, 2.45) is 0 Å². The van der Waals surface area contributed by atoms with Gasteiger partial charge in [0.1, 0.15) is 0 Å². The van der Waals surface area contributed by atoms with E-state index in [4.69, 9.17) is 14.3 Å². The average Bonchev–Trinajstić information content (AvgIpc) is 3.43. The Morgan fingerprint density at radius 2 is 1.85 bits per heavy atom. The summed E-state index contributed by atoms with van der Waals surface area (Å²) in [4.78, 5) is 6.23. The van der Waals surface area contributed by atoms with E-state index in [-0.39, 0.29) is 6.04 Å². The lowest BCUT2D eigenvalue weighted by molar-refractivity contribution is 0.153. The average molecular weight is 353 g/mol. The summed E-state index contributed by atoms with van der Waals surface area (Å²) < 4.78 is 10.9. The number of nitrogens with zero attached hydrogens (tertiary/aromatic N) is 1. The minimum atomic E-state index is -0.433. The molecule has 1 unspecified atom stereocenters. The molecule has 3 rings (SSSR count). The van der Waals surface area contributed by atoms with Crippen molar-refractivity contribution in [3.8, 4) is 11.5 Å². The van der Waals surface area contributed by atoms with E-state index in [0.717, 1.165) is 36.3 Å². The van der Waals surface area contributed by atoms with E-state index in [1.165, 1.54) is 5.56 Å². The second-order valence-electron chi connectivity index (χ2n) is 6.54. The largest absolute Gasteiger partial charge is 0.493 e. The Kier molecular flexibility index (Phi) is 5.64. The predicted molar refractivity (Wildman–Crippen MR) is 103 cm³/mol. The van der Waals surface area contributed by atoms with Gasteiger partial charge in [0.2, 0.25) is 0 Å². The number of methoxy groups -OCH3 is 2. The highest BCUT2D eigenvalue weighted by molar-refractivity contribution is 5.45. The molecule has 4 nitrogen and oxygen atoms in total. The number of unbranched alkanes of at least 4 members (excludes halogenated alkanes) is 1. The van der Waals surface area contributed by atoms with Crippen LogP contribution in [0.2, 0.25) is 0 Å². The molecule has 0 amide bonds. The molecule has 1 aliphatic heterocycles. The van der Waals surface area contributed by atoms with Gasteiger partial charge in [-0.15, -0.1) is 11.6 Å². The summed E-state index contributed by atoms with van der Waals surface area (Å²) in [6.07, 6.45) is 4.82. The number of hydrogen-bond acceptors (Lipinski definition) is 4. The van der Waals surface area contributed by atoms with Gasteiger partial charge in [0.15, 0.2) is 17.2 Å². The standard InChI is InChI=1S/C22H27NO3/c1-5-6-10-15-22(19-13-14-20(24-3)21(16-19)25-4)23(26-22)17(2)18-11-8-7-9-12-18/h5,7-9,11-14,16-17H,1,6,10,15H2,2-4H3/t17-,22+,23?/m0/s1. The van der Waals surface area contributed by atoms with Gasteiger partial charge >= 0.3 is 0 Å². The zero-order chi connectivity index (χ0) is 18.6. The zero-order valence-corrected chi connectivity index (χ0v) is 15.8. The normalized spacial score (nSPS) is 22.5. The molecule has 0 aliphatic carbocycles. The molecule has 1 heterocycles. The van der Waals surface area contributed by atoms with Gasteiger partial charge in [0, 0.05) is 5.56 Å². The van der Waals surface area contributed by atoms with E-state index in [0.29, 0.717) is 0 Å². The van der Waals surface area contributed by atoms with Crippen LogP contribution in [0.25, 0.3) is 0 Å². The van der Waals surface area contributed by atoms with Crippen LogP contribution in [-0.4, -0.2) is 19.3 Å². The van der Waals surface area contributed by atoms with E-state index in [2.05, 4.69) is 48.9 Å². The van der Waals surface area contributed by atoms with Crippen LogP contribution in [0, 0.1) is 0 Å². The van der Waals surface area contributed by atoms with Crippen LogP contribution in [0.15, 0.2) is 61.2 Å². The van der Waals surface area contributed by atoms with Crippen molar-refractivity contribution in [2.75, 3.05) is 14.2 Å². The van der Waals surface area contributed by atoms with Crippen molar-refractivity contribution >= 4 is 0 Å². The Labute approximate surface area is 155 Å². The van der Waals surface area contributed by atoms with Gasteiger partial charge in [-0.25, -0.2) is 0 Å². The van der Waals surface area contributed by atoms with Gasteiger partial charge < -0.3 is 9.47 Å². The molecule has 138 valence electrons. The molecule has 1 saturated heterocycles.